The number of rotatable bonds is 13. The Labute approximate surface area is 225 Å². The van der Waals surface area contributed by atoms with Crippen LogP contribution >= 0.6 is 0 Å². The summed E-state index contributed by atoms with van der Waals surface area (Å²) < 4.78 is 34.3. The van der Waals surface area contributed by atoms with Gasteiger partial charge in [-0.15, -0.1) is 0 Å². The first-order valence-corrected chi connectivity index (χ1v) is 13.3. The number of para-hydroxylation sites is 1. The fraction of sp³-hybridized carbons (Fsp3) is 0.552. The highest BCUT2D eigenvalue weighted by Gasteiger charge is 2.33. The maximum atomic E-state index is 13.7. The predicted molar refractivity (Wildman–Crippen MR) is 144 cm³/mol. The van der Waals surface area contributed by atoms with Crippen LogP contribution in [0.4, 0.5) is 0 Å². The summed E-state index contributed by atoms with van der Waals surface area (Å²) >= 11 is 0. The van der Waals surface area contributed by atoms with Crippen LogP contribution in [-0.2, 0) is 16.1 Å². The summed E-state index contributed by atoms with van der Waals surface area (Å²) in [6.07, 6.45) is 0.719. The normalized spacial score (nSPS) is 18.4. The fourth-order valence-electron chi connectivity index (χ4n) is 4.79. The van der Waals surface area contributed by atoms with Gasteiger partial charge in [-0.25, -0.2) is 0 Å². The number of amides is 1. The Bertz CT molecular complexity index is 1060. The molecule has 0 radical (unpaired) electrons. The van der Waals surface area contributed by atoms with Crippen molar-refractivity contribution in [2.45, 2.75) is 39.0 Å². The average molecular weight is 529 g/mol. The van der Waals surface area contributed by atoms with Gasteiger partial charge in [-0.05, 0) is 38.1 Å². The minimum absolute atomic E-state index is 0.0172. The fourth-order valence-corrected chi connectivity index (χ4v) is 4.79. The van der Waals surface area contributed by atoms with Gasteiger partial charge in [0, 0.05) is 62.9 Å². The molecule has 0 spiro atoms. The van der Waals surface area contributed by atoms with Crippen LogP contribution in [0.1, 0.15) is 36.2 Å². The lowest BCUT2D eigenvalue weighted by molar-refractivity contribution is 0.0114. The summed E-state index contributed by atoms with van der Waals surface area (Å²) in [6, 6.07) is 11.2. The van der Waals surface area contributed by atoms with Crippen LogP contribution in [-0.4, -0.2) is 83.2 Å². The monoisotopic (exact) mass is 528 g/mol. The quantitative estimate of drug-likeness (QED) is 0.395. The predicted octanol–water partition coefficient (Wildman–Crippen LogP) is 3.54. The van der Waals surface area contributed by atoms with Crippen LogP contribution < -0.4 is 24.3 Å². The second kappa shape index (κ2) is 13.7. The van der Waals surface area contributed by atoms with Crippen LogP contribution in [0.25, 0.3) is 0 Å². The zero-order chi connectivity index (χ0) is 26.9. The number of benzene rings is 2. The highest BCUT2D eigenvalue weighted by Crippen LogP contribution is 2.34. The molecule has 208 valence electrons. The molecule has 2 aromatic carbocycles. The molecule has 2 aliphatic heterocycles. The van der Waals surface area contributed by atoms with Gasteiger partial charge in [0.2, 0.25) is 0 Å². The number of fused-ring (bicyclic) bond motifs is 1. The van der Waals surface area contributed by atoms with E-state index < -0.39 is 0 Å². The van der Waals surface area contributed by atoms with Gasteiger partial charge in [-0.2, -0.15) is 0 Å². The van der Waals surface area contributed by atoms with Crippen molar-refractivity contribution in [3.63, 3.8) is 0 Å². The van der Waals surface area contributed by atoms with Gasteiger partial charge in [0.25, 0.3) is 5.91 Å². The van der Waals surface area contributed by atoms with Crippen LogP contribution in [0.5, 0.6) is 23.0 Å². The number of ether oxygens (including phenoxy) is 6. The van der Waals surface area contributed by atoms with Crippen molar-refractivity contribution in [3.05, 3.63) is 47.5 Å². The zero-order valence-corrected chi connectivity index (χ0v) is 22.9. The van der Waals surface area contributed by atoms with Crippen LogP contribution in [0, 0.1) is 5.92 Å². The minimum atomic E-state index is -0.0438. The van der Waals surface area contributed by atoms with Gasteiger partial charge in [0.05, 0.1) is 26.4 Å². The van der Waals surface area contributed by atoms with Crippen molar-refractivity contribution >= 4 is 5.91 Å². The topological polar surface area (TPSA) is 87.7 Å². The smallest absolute Gasteiger partial charge is 0.254 e. The molecule has 9 nitrogen and oxygen atoms in total. The van der Waals surface area contributed by atoms with Gasteiger partial charge >= 0.3 is 0 Å². The van der Waals surface area contributed by atoms with Crippen molar-refractivity contribution in [2.75, 3.05) is 60.3 Å². The van der Waals surface area contributed by atoms with Crippen LogP contribution in [0.15, 0.2) is 36.4 Å². The van der Waals surface area contributed by atoms with E-state index in [-0.39, 0.29) is 24.0 Å². The summed E-state index contributed by atoms with van der Waals surface area (Å²) in [6.45, 7) is 8.77. The Kier molecular flexibility index (Phi) is 10.1. The van der Waals surface area contributed by atoms with E-state index in [1.807, 2.05) is 36.9 Å². The zero-order valence-electron chi connectivity index (χ0n) is 22.9. The Balaban J connectivity index is 1.42. The van der Waals surface area contributed by atoms with E-state index in [1.165, 1.54) is 0 Å². The molecule has 0 bridgehead atoms. The van der Waals surface area contributed by atoms with Crippen LogP contribution in [0.3, 0.4) is 0 Å². The molecular weight excluding hydrogens is 488 g/mol. The molecule has 2 unspecified atom stereocenters. The molecule has 4 rings (SSSR count). The van der Waals surface area contributed by atoms with E-state index in [4.69, 9.17) is 28.4 Å². The average Bonchev–Trinajstić information content (AvgIpc) is 3.39. The van der Waals surface area contributed by atoms with Crippen molar-refractivity contribution in [1.29, 1.82) is 0 Å². The molecule has 1 amide bonds. The number of methoxy groups -OCH3 is 2. The summed E-state index contributed by atoms with van der Waals surface area (Å²) in [7, 11) is 3.25. The van der Waals surface area contributed by atoms with E-state index in [1.54, 1.807) is 32.4 Å². The maximum absolute atomic E-state index is 13.7. The Morgan fingerprint density at radius 2 is 1.92 bits per heavy atom. The molecule has 0 aromatic heterocycles. The molecule has 9 heteroatoms. The summed E-state index contributed by atoms with van der Waals surface area (Å²) in [5.74, 6) is 2.79. The van der Waals surface area contributed by atoms with Gasteiger partial charge in [0.15, 0.2) is 23.0 Å². The Morgan fingerprint density at radius 3 is 2.71 bits per heavy atom. The highest BCUT2D eigenvalue weighted by atomic mass is 16.6. The molecule has 2 aliphatic rings. The van der Waals surface area contributed by atoms with Crippen molar-refractivity contribution in [3.8, 4) is 23.0 Å². The third kappa shape index (κ3) is 6.89. The standard InChI is InChI=1S/C29H40N2O7/c1-20(2)31(29(32)21-9-10-24(34-4)26(15-21)35-12-6-11-33-3)18-23-16-30-17-27(23)38-19-22-7-5-8-25-28(22)37-14-13-36-25/h5,7-10,15,20,23,27,30H,6,11-14,16-19H2,1-4H3. The van der Waals surface area contributed by atoms with Gasteiger partial charge in [-0.1, -0.05) is 12.1 Å². The number of hydrogen-bond donors (Lipinski definition) is 1. The van der Waals surface area contributed by atoms with E-state index >= 15 is 0 Å². The maximum Gasteiger partial charge on any atom is 0.254 e. The molecule has 1 N–H and O–H groups in total. The molecular formula is C29H40N2O7. The lowest BCUT2D eigenvalue weighted by Crippen LogP contribution is -2.43. The van der Waals surface area contributed by atoms with E-state index in [0.717, 1.165) is 36.6 Å². The molecule has 2 aromatic rings. The second-order valence-corrected chi connectivity index (χ2v) is 9.82. The third-order valence-electron chi connectivity index (χ3n) is 6.85. The minimum Gasteiger partial charge on any atom is -0.493 e. The lowest BCUT2D eigenvalue weighted by atomic mass is 10.0. The summed E-state index contributed by atoms with van der Waals surface area (Å²) in [5, 5.41) is 3.44. The first-order valence-electron chi connectivity index (χ1n) is 13.3. The first kappa shape index (κ1) is 28.0. The first-order chi connectivity index (χ1) is 18.5. The number of carbonyl (C=O) groups excluding carboxylic acids is 1. The van der Waals surface area contributed by atoms with E-state index in [0.29, 0.717) is 56.6 Å². The number of hydrogen-bond acceptors (Lipinski definition) is 8. The van der Waals surface area contributed by atoms with Gasteiger partial charge in [0.1, 0.15) is 13.2 Å². The Hall–Kier alpha value is -3.01. The highest BCUT2D eigenvalue weighted by molar-refractivity contribution is 5.95. The summed E-state index contributed by atoms with van der Waals surface area (Å²) in [5.41, 5.74) is 1.54. The van der Waals surface area contributed by atoms with Crippen molar-refractivity contribution in [2.24, 2.45) is 5.92 Å². The van der Waals surface area contributed by atoms with E-state index in [9.17, 15) is 4.79 Å². The molecule has 38 heavy (non-hydrogen) atoms. The lowest BCUT2D eigenvalue weighted by Gasteiger charge is -2.32. The van der Waals surface area contributed by atoms with E-state index in [2.05, 4.69) is 5.32 Å². The molecule has 1 saturated heterocycles. The molecule has 1 fully saturated rings. The molecule has 0 saturated carbocycles. The number of carbonyl (C=O) groups is 1. The van der Waals surface area contributed by atoms with Crippen molar-refractivity contribution in [1.82, 2.24) is 10.2 Å². The Morgan fingerprint density at radius 1 is 1.08 bits per heavy atom. The molecule has 2 heterocycles. The van der Waals surface area contributed by atoms with Crippen LogP contribution in [0.2, 0.25) is 0 Å². The largest absolute Gasteiger partial charge is 0.493 e. The molecule has 0 aliphatic carbocycles. The van der Waals surface area contributed by atoms with Gasteiger partial charge < -0.3 is 38.6 Å². The van der Waals surface area contributed by atoms with Crippen molar-refractivity contribution < 1.29 is 33.2 Å². The summed E-state index contributed by atoms with van der Waals surface area (Å²) in [4.78, 5) is 15.6. The molecule has 2 atom stereocenters. The SMILES string of the molecule is COCCCOc1cc(C(=O)N(CC2CNCC2OCc2cccc3c2OCCO3)C(C)C)ccc1OC. The van der Waals surface area contributed by atoms with Gasteiger partial charge in [-0.3, -0.25) is 4.79 Å². The number of nitrogens with one attached hydrogen (secondary N) is 1. The third-order valence-corrected chi connectivity index (χ3v) is 6.85. The second-order valence-electron chi connectivity index (χ2n) is 9.82. The number of nitrogens with zero attached hydrogens (tertiary/aromatic N) is 1.